The summed E-state index contributed by atoms with van der Waals surface area (Å²) in [7, 11) is 0. The van der Waals surface area contributed by atoms with Gasteiger partial charge in [0, 0.05) is 5.02 Å². The van der Waals surface area contributed by atoms with Crippen LogP contribution in [0.5, 0.6) is 0 Å². The predicted octanol–water partition coefficient (Wildman–Crippen LogP) is 2.07. The van der Waals surface area contributed by atoms with Gasteiger partial charge in [0.1, 0.15) is 0 Å². The van der Waals surface area contributed by atoms with Gasteiger partial charge in [-0.25, -0.2) is 4.68 Å². The number of aryl methyl sites for hydroxylation is 1. The lowest BCUT2D eigenvalue weighted by Gasteiger charge is -2.02. The van der Waals surface area contributed by atoms with Crippen molar-refractivity contribution in [2.75, 3.05) is 0 Å². The topological polar surface area (TPSA) is 63.6 Å². The summed E-state index contributed by atoms with van der Waals surface area (Å²) in [5, 5.41) is 12.2. The third-order valence-corrected chi connectivity index (χ3v) is 2.98. The monoisotopic (exact) mass is 260 g/mol. The highest BCUT2D eigenvalue weighted by atomic mass is 35.5. The highest BCUT2D eigenvalue weighted by Gasteiger charge is 2.12. The number of hydrogen-bond donors (Lipinski definition) is 1. The maximum atomic E-state index is 11.7. The van der Waals surface area contributed by atoms with Crippen LogP contribution in [0.1, 0.15) is 5.69 Å². The maximum absolute atomic E-state index is 11.7. The fourth-order valence-corrected chi connectivity index (χ4v) is 2.04. The Labute approximate surface area is 107 Å². The normalized spacial score (nSPS) is 11.0. The number of H-pyrrole nitrogens is 1. The number of benzene rings is 1. The number of nitrogens with one attached hydrogen (secondary N) is 1. The molecule has 0 fully saturated rings. The summed E-state index contributed by atoms with van der Waals surface area (Å²) in [4.78, 5) is 11.7. The molecule has 18 heavy (non-hydrogen) atoms. The van der Waals surface area contributed by atoms with Crippen LogP contribution in [-0.4, -0.2) is 20.0 Å². The third kappa shape index (κ3) is 1.60. The minimum Gasteiger partial charge on any atom is -0.287 e. The minimum absolute atomic E-state index is 0.138. The van der Waals surface area contributed by atoms with Crippen LogP contribution < -0.4 is 5.43 Å². The van der Waals surface area contributed by atoms with Crippen molar-refractivity contribution in [1.82, 2.24) is 20.0 Å². The first-order chi connectivity index (χ1) is 8.66. The van der Waals surface area contributed by atoms with Crippen LogP contribution in [0, 0.1) is 6.92 Å². The molecule has 2 aromatic heterocycles. The Morgan fingerprint density at radius 3 is 2.72 bits per heavy atom. The quantitative estimate of drug-likeness (QED) is 0.728. The molecule has 3 rings (SSSR count). The zero-order valence-corrected chi connectivity index (χ0v) is 10.3. The molecule has 0 aliphatic rings. The van der Waals surface area contributed by atoms with E-state index in [1.807, 2.05) is 12.1 Å². The Morgan fingerprint density at radius 1 is 1.28 bits per heavy atom. The first-order valence-electron chi connectivity index (χ1n) is 5.36. The molecule has 2 heterocycles. The molecule has 0 spiro atoms. The van der Waals surface area contributed by atoms with Crippen molar-refractivity contribution in [3.8, 4) is 5.69 Å². The van der Waals surface area contributed by atoms with E-state index in [1.54, 1.807) is 23.7 Å². The highest BCUT2D eigenvalue weighted by Crippen LogP contribution is 2.18. The number of hydrogen-bond acceptors (Lipinski definition) is 3. The Hall–Kier alpha value is -2.14. The van der Waals surface area contributed by atoms with E-state index < -0.39 is 0 Å². The number of nitrogens with zero attached hydrogens (tertiary/aromatic N) is 3. The second kappa shape index (κ2) is 3.96. The van der Waals surface area contributed by atoms with Gasteiger partial charge in [0.2, 0.25) is 5.43 Å². The summed E-state index contributed by atoms with van der Waals surface area (Å²) in [6.07, 6.45) is 1.25. The number of aromatic amines is 1. The van der Waals surface area contributed by atoms with Crippen LogP contribution in [0.3, 0.4) is 0 Å². The molecule has 90 valence electrons. The first kappa shape index (κ1) is 11.0. The molecule has 3 aromatic rings. The maximum Gasteiger partial charge on any atom is 0.211 e. The lowest BCUT2D eigenvalue weighted by Crippen LogP contribution is -2.04. The smallest absolute Gasteiger partial charge is 0.211 e. The van der Waals surface area contributed by atoms with E-state index in [0.29, 0.717) is 21.7 Å². The number of aromatic nitrogens is 4. The summed E-state index contributed by atoms with van der Waals surface area (Å²) in [5.41, 5.74) is 1.94. The van der Waals surface area contributed by atoms with Crippen molar-refractivity contribution >= 4 is 22.6 Å². The first-order valence-corrected chi connectivity index (χ1v) is 5.73. The van der Waals surface area contributed by atoms with Gasteiger partial charge in [0.25, 0.3) is 0 Å². The van der Waals surface area contributed by atoms with E-state index in [9.17, 15) is 4.79 Å². The highest BCUT2D eigenvalue weighted by molar-refractivity contribution is 6.30. The summed E-state index contributed by atoms with van der Waals surface area (Å²) >= 11 is 5.85. The van der Waals surface area contributed by atoms with Gasteiger partial charge in [0.05, 0.1) is 23.0 Å². The van der Waals surface area contributed by atoms with Crippen molar-refractivity contribution in [1.29, 1.82) is 0 Å². The van der Waals surface area contributed by atoms with Crippen LogP contribution in [0.15, 0.2) is 35.3 Å². The molecule has 0 unspecified atom stereocenters. The Kier molecular flexibility index (Phi) is 2.41. The summed E-state index contributed by atoms with van der Waals surface area (Å²) in [5.74, 6) is 0. The molecule has 0 aliphatic heterocycles. The summed E-state index contributed by atoms with van der Waals surface area (Å²) < 4.78 is 1.65. The fraction of sp³-hybridized carbons (Fsp3) is 0.0833. The molecule has 0 bridgehead atoms. The molecular formula is C12H9ClN4O. The lowest BCUT2D eigenvalue weighted by atomic mass is 10.3. The average molecular weight is 261 g/mol. The van der Waals surface area contributed by atoms with Crippen LogP contribution in [0.2, 0.25) is 5.02 Å². The van der Waals surface area contributed by atoms with Crippen LogP contribution in [0.25, 0.3) is 16.7 Å². The van der Waals surface area contributed by atoms with Gasteiger partial charge in [-0.05, 0) is 31.2 Å². The van der Waals surface area contributed by atoms with Gasteiger partial charge < -0.3 is 0 Å². The SMILES string of the molecule is Cc1nn(-c2ccc(Cl)cc2)c2[nH]ncc(=O)c12. The molecule has 0 saturated heterocycles. The van der Waals surface area contributed by atoms with Crippen molar-refractivity contribution in [2.45, 2.75) is 6.92 Å². The van der Waals surface area contributed by atoms with E-state index in [2.05, 4.69) is 15.3 Å². The summed E-state index contributed by atoms with van der Waals surface area (Å²) in [6, 6.07) is 7.21. The zero-order chi connectivity index (χ0) is 12.7. The van der Waals surface area contributed by atoms with Crippen molar-refractivity contribution in [3.05, 3.63) is 51.4 Å². The van der Waals surface area contributed by atoms with Gasteiger partial charge in [-0.1, -0.05) is 11.6 Å². The van der Waals surface area contributed by atoms with E-state index >= 15 is 0 Å². The minimum atomic E-state index is -0.138. The molecule has 0 atom stereocenters. The van der Waals surface area contributed by atoms with Gasteiger partial charge in [-0.15, -0.1) is 0 Å². The third-order valence-electron chi connectivity index (χ3n) is 2.73. The Morgan fingerprint density at radius 2 is 2.00 bits per heavy atom. The van der Waals surface area contributed by atoms with Gasteiger partial charge >= 0.3 is 0 Å². The number of rotatable bonds is 1. The van der Waals surface area contributed by atoms with Gasteiger partial charge in [-0.2, -0.15) is 10.2 Å². The molecule has 1 aromatic carbocycles. The Balaban J connectivity index is 2.34. The number of fused-ring (bicyclic) bond motifs is 1. The second-order valence-electron chi connectivity index (χ2n) is 3.93. The fourth-order valence-electron chi connectivity index (χ4n) is 1.91. The molecular weight excluding hydrogens is 252 g/mol. The predicted molar refractivity (Wildman–Crippen MR) is 69.2 cm³/mol. The molecule has 0 aliphatic carbocycles. The van der Waals surface area contributed by atoms with Crippen LogP contribution in [0.4, 0.5) is 0 Å². The molecule has 0 saturated carbocycles. The van der Waals surface area contributed by atoms with Crippen LogP contribution in [-0.2, 0) is 0 Å². The molecule has 0 radical (unpaired) electrons. The zero-order valence-electron chi connectivity index (χ0n) is 9.51. The Bertz CT molecular complexity index is 773. The van der Waals surface area contributed by atoms with Gasteiger partial charge in [0.15, 0.2) is 5.65 Å². The molecule has 1 N–H and O–H groups in total. The standard InChI is InChI=1S/C12H9ClN4O/c1-7-11-10(18)6-14-15-12(11)17(16-7)9-4-2-8(13)3-5-9/h2-6H,1H3,(H,15,18). The van der Waals surface area contributed by atoms with E-state index in [-0.39, 0.29) is 5.43 Å². The van der Waals surface area contributed by atoms with Crippen LogP contribution >= 0.6 is 11.6 Å². The molecule has 6 heteroatoms. The number of halogens is 1. The van der Waals surface area contributed by atoms with E-state index in [0.717, 1.165) is 5.69 Å². The average Bonchev–Trinajstić information content (AvgIpc) is 2.69. The van der Waals surface area contributed by atoms with E-state index in [4.69, 9.17) is 11.6 Å². The van der Waals surface area contributed by atoms with Crippen molar-refractivity contribution in [3.63, 3.8) is 0 Å². The van der Waals surface area contributed by atoms with Gasteiger partial charge in [-0.3, -0.25) is 9.89 Å². The molecule has 5 nitrogen and oxygen atoms in total. The van der Waals surface area contributed by atoms with Crippen molar-refractivity contribution in [2.24, 2.45) is 0 Å². The largest absolute Gasteiger partial charge is 0.287 e. The molecule has 0 amide bonds. The van der Waals surface area contributed by atoms with E-state index in [1.165, 1.54) is 6.20 Å². The summed E-state index contributed by atoms with van der Waals surface area (Å²) in [6.45, 7) is 1.80. The lowest BCUT2D eigenvalue weighted by molar-refractivity contribution is 0.864. The second-order valence-corrected chi connectivity index (χ2v) is 4.37. The van der Waals surface area contributed by atoms with Crippen molar-refractivity contribution < 1.29 is 0 Å².